The molecule has 2 rings (SSSR count). The van der Waals surface area contributed by atoms with Crippen molar-refractivity contribution in [2.24, 2.45) is 5.92 Å². The Morgan fingerprint density at radius 1 is 1.22 bits per heavy atom. The van der Waals surface area contributed by atoms with Gasteiger partial charge in [-0.05, 0) is 47.6 Å². The van der Waals surface area contributed by atoms with Gasteiger partial charge in [-0.25, -0.2) is 0 Å². The summed E-state index contributed by atoms with van der Waals surface area (Å²) in [6.45, 7) is 4.85. The molecule has 1 aliphatic rings. The quantitative estimate of drug-likeness (QED) is 0.819. The van der Waals surface area contributed by atoms with Crippen LogP contribution in [0.1, 0.15) is 31.4 Å². The number of hydrogen-bond donors (Lipinski definition) is 1. The Hall–Kier alpha value is -2.23. The van der Waals surface area contributed by atoms with Crippen molar-refractivity contribution in [2.75, 3.05) is 20.8 Å². The van der Waals surface area contributed by atoms with Gasteiger partial charge in [0.05, 0.1) is 14.2 Å². The number of amides is 1. The SMILES string of the molecule is COc1cc2c(cc1OC)CCC(/C=C/C(=O)NCC(C)C)=C2. The standard InChI is InChI=1S/C19H25NO3/c1-13(2)12-20-19(21)8-6-14-5-7-15-10-17(22-3)18(23-4)11-16(15)9-14/h6,8-11,13H,5,7,12H2,1-4H3,(H,20,21)/b8-6+. The number of nitrogens with one attached hydrogen (secondary N) is 1. The van der Waals surface area contributed by atoms with Crippen molar-refractivity contribution >= 4 is 12.0 Å². The number of carbonyl (C=O) groups is 1. The van der Waals surface area contributed by atoms with Gasteiger partial charge in [0.25, 0.3) is 0 Å². The average Bonchev–Trinajstić information content (AvgIpc) is 2.56. The lowest BCUT2D eigenvalue weighted by Crippen LogP contribution is -2.25. The minimum atomic E-state index is -0.0438. The van der Waals surface area contributed by atoms with Crippen molar-refractivity contribution in [3.05, 3.63) is 41.0 Å². The summed E-state index contributed by atoms with van der Waals surface area (Å²) in [4.78, 5) is 11.8. The molecule has 0 atom stereocenters. The van der Waals surface area contributed by atoms with Gasteiger partial charge in [-0.3, -0.25) is 4.79 Å². The fraction of sp³-hybridized carbons (Fsp3) is 0.421. The van der Waals surface area contributed by atoms with E-state index in [2.05, 4.69) is 25.2 Å². The van der Waals surface area contributed by atoms with Gasteiger partial charge in [-0.2, -0.15) is 0 Å². The maximum atomic E-state index is 11.8. The second kappa shape index (κ2) is 7.86. The molecule has 0 saturated heterocycles. The van der Waals surface area contributed by atoms with Crippen LogP contribution in [0.2, 0.25) is 0 Å². The minimum absolute atomic E-state index is 0.0438. The molecule has 1 aromatic rings. The molecule has 1 aromatic carbocycles. The molecular weight excluding hydrogens is 290 g/mol. The first-order valence-corrected chi connectivity index (χ1v) is 7.95. The maximum Gasteiger partial charge on any atom is 0.243 e. The largest absolute Gasteiger partial charge is 0.493 e. The van der Waals surface area contributed by atoms with Crippen LogP contribution in [-0.2, 0) is 11.2 Å². The summed E-state index contributed by atoms with van der Waals surface area (Å²) < 4.78 is 10.7. The molecule has 0 radical (unpaired) electrons. The Morgan fingerprint density at radius 2 is 1.91 bits per heavy atom. The molecule has 4 nitrogen and oxygen atoms in total. The molecular formula is C19H25NO3. The van der Waals surface area contributed by atoms with Crippen molar-refractivity contribution < 1.29 is 14.3 Å². The summed E-state index contributed by atoms with van der Waals surface area (Å²) in [6, 6.07) is 4.01. The van der Waals surface area contributed by atoms with Crippen molar-refractivity contribution in [1.82, 2.24) is 5.32 Å². The zero-order valence-corrected chi connectivity index (χ0v) is 14.3. The maximum absolute atomic E-state index is 11.8. The summed E-state index contributed by atoms with van der Waals surface area (Å²) in [7, 11) is 3.28. The van der Waals surface area contributed by atoms with Crippen molar-refractivity contribution in [1.29, 1.82) is 0 Å². The highest BCUT2D eigenvalue weighted by Gasteiger charge is 2.14. The Balaban J connectivity index is 2.12. The van der Waals surface area contributed by atoms with Crippen LogP contribution >= 0.6 is 0 Å². The number of carbonyl (C=O) groups excluding carboxylic acids is 1. The Bertz CT molecular complexity index is 630. The predicted octanol–water partition coefficient (Wildman–Crippen LogP) is 3.36. The van der Waals surface area contributed by atoms with E-state index in [1.165, 1.54) is 5.56 Å². The third-order valence-electron chi connectivity index (χ3n) is 3.80. The molecule has 0 fully saturated rings. The van der Waals surface area contributed by atoms with Crippen LogP contribution in [0.3, 0.4) is 0 Å². The van der Waals surface area contributed by atoms with Crippen LogP contribution in [-0.4, -0.2) is 26.7 Å². The highest BCUT2D eigenvalue weighted by atomic mass is 16.5. The molecule has 0 aromatic heterocycles. The van der Waals surface area contributed by atoms with E-state index in [4.69, 9.17) is 9.47 Å². The first-order valence-electron chi connectivity index (χ1n) is 7.95. The van der Waals surface area contributed by atoms with Crippen molar-refractivity contribution in [3.8, 4) is 11.5 Å². The number of benzene rings is 1. The van der Waals surface area contributed by atoms with Gasteiger partial charge in [-0.1, -0.05) is 26.0 Å². The Labute approximate surface area is 138 Å². The average molecular weight is 315 g/mol. The van der Waals surface area contributed by atoms with Crippen LogP contribution in [0, 0.1) is 5.92 Å². The lowest BCUT2D eigenvalue weighted by atomic mass is 9.91. The number of rotatable bonds is 6. The van der Waals surface area contributed by atoms with Gasteiger partial charge in [0.1, 0.15) is 0 Å². The van der Waals surface area contributed by atoms with E-state index in [0.717, 1.165) is 35.5 Å². The zero-order chi connectivity index (χ0) is 16.8. The molecule has 4 heteroatoms. The first-order chi connectivity index (χ1) is 11.0. The number of fused-ring (bicyclic) bond motifs is 1. The number of hydrogen-bond acceptors (Lipinski definition) is 3. The van der Waals surface area contributed by atoms with E-state index in [-0.39, 0.29) is 5.91 Å². The number of methoxy groups -OCH3 is 2. The van der Waals surface area contributed by atoms with Crippen LogP contribution < -0.4 is 14.8 Å². The van der Waals surface area contributed by atoms with Crippen LogP contribution in [0.15, 0.2) is 29.9 Å². The molecule has 0 bridgehead atoms. The second-order valence-corrected chi connectivity index (χ2v) is 6.10. The molecule has 1 aliphatic carbocycles. The molecule has 0 unspecified atom stereocenters. The van der Waals surface area contributed by atoms with E-state index >= 15 is 0 Å². The molecule has 124 valence electrons. The summed E-state index contributed by atoms with van der Waals surface area (Å²) in [6.07, 6.45) is 7.46. The molecule has 0 spiro atoms. The molecule has 1 amide bonds. The van der Waals surface area contributed by atoms with E-state index in [9.17, 15) is 4.79 Å². The smallest absolute Gasteiger partial charge is 0.243 e. The lowest BCUT2D eigenvalue weighted by molar-refractivity contribution is -0.116. The third-order valence-corrected chi connectivity index (χ3v) is 3.80. The lowest BCUT2D eigenvalue weighted by Gasteiger charge is -2.17. The van der Waals surface area contributed by atoms with E-state index < -0.39 is 0 Å². The molecule has 0 aliphatic heterocycles. The summed E-state index contributed by atoms with van der Waals surface area (Å²) in [5.41, 5.74) is 3.50. The molecule has 1 N–H and O–H groups in total. The zero-order valence-electron chi connectivity index (χ0n) is 14.3. The van der Waals surface area contributed by atoms with E-state index in [1.54, 1.807) is 20.3 Å². The van der Waals surface area contributed by atoms with Gasteiger partial charge in [-0.15, -0.1) is 0 Å². The highest BCUT2D eigenvalue weighted by molar-refractivity contribution is 5.88. The van der Waals surface area contributed by atoms with Gasteiger partial charge < -0.3 is 14.8 Å². The summed E-state index contributed by atoms with van der Waals surface area (Å²) in [5.74, 6) is 1.89. The van der Waals surface area contributed by atoms with Gasteiger partial charge in [0.15, 0.2) is 11.5 Å². The number of aryl methyl sites for hydroxylation is 1. The fourth-order valence-electron chi connectivity index (χ4n) is 2.52. The normalized spacial score (nSPS) is 13.7. The summed E-state index contributed by atoms with van der Waals surface area (Å²) in [5, 5.41) is 2.88. The van der Waals surface area contributed by atoms with Gasteiger partial charge >= 0.3 is 0 Å². The second-order valence-electron chi connectivity index (χ2n) is 6.10. The van der Waals surface area contributed by atoms with Gasteiger partial charge in [0, 0.05) is 12.6 Å². The number of ether oxygens (including phenoxy) is 2. The van der Waals surface area contributed by atoms with E-state index in [1.807, 2.05) is 18.2 Å². The molecule has 23 heavy (non-hydrogen) atoms. The van der Waals surface area contributed by atoms with Crippen LogP contribution in [0.4, 0.5) is 0 Å². The van der Waals surface area contributed by atoms with Gasteiger partial charge in [0.2, 0.25) is 5.91 Å². The summed E-state index contributed by atoms with van der Waals surface area (Å²) >= 11 is 0. The minimum Gasteiger partial charge on any atom is -0.493 e. The molecule has 0 heterocycles. The molecule has 0 saturated carbocycles. The van der Waals surface area contributed by atoms with Crippen molar-refractivity contribution in [2.45, 2.75) is 26.7 Å². The van der Waals surface area contributed by atoms with Crippen LogP contribution in [0.25, 0.3) is 6.08 Å². The topological polar surface area (TPSA) is 47.6 Å². The fourth-order valence-corrected chi connectivity index (χ4v) is 2.52. The van der Waals surface area contributed by atoms with Crippen molar-refractivity contribution in [3.63, 3.8) is 0 Å². The van der Waals surface area contributed by atoms with E-state index in [0.29, 0.717) is 12.5 Å². The first kappa shape index (κ1) is 17.1. The van der Waals surface area contributed by atoms with Crippen LogP contribution in [0.5, 0.6) is 11.5 Å². The Kier molecular flexibility index (Phi) is 5.85. The highest BCUT2D eigenvalue weighted by Crippen LogP contribution is 2.35. The third kappa shape index (κ3) is 4.62. The monoisotopic (exact) mass is 315 g/mol. The Morgan fingerprint density at radius 3 is 2.57 bits per heavy atom. The number of allylic oxidation sites excluding steroid dienone is 2. The predicted molar refractivity (Wildman–Crippen MR) is 92.8 cm³/mol.